The van der Waals surface area contributed by atoms with E-state index < -0.39 is 0 Å². The van der Waals surface area contributed by atoms with Gasteiger partial charge in [0, 0.05) is 21.4 Å². The Hall–Kier alpha value is -2.33. The quantitative estimate of drug-likeness (QED) is 0.677. The minimum atomic E-state index is -0.161. The predicted octanol–water partition coefficient (Wildman–Crippen LogP) is 4.44. The fourth-order valence-electron chi connectivity index (χ4n) is 2.14. The third-order valence-corrected chi connectivity index (χ3v) is 3.96. The molecule has 0 spiro atoms. The first-order valence-corrected chi connectivity index (χ1v) is 7.28. The van der Waals surface area contributed by atoms with E-state index in [1.807, 2.05) is 42.5 Å². The Morgan fingerprint density at radius 1 is 0.952 bits per heavy atom. The Balaban J connectivity index is 1.87. The van der Waals surface area contributed by atoms with Crippen LogP contribution < -0.4 is 11.1 Å². The number of rotatable bonds is 2. The van der Waals surface area contributed by atoms with Gasteiger partial charge in [-0.1, -0.05) is 30.3 Å². The van der Waals surface area contributed by atoms with Crippen molar-refractivity contribution in [1.82, 2.24) is 0 Å². The van der Waals surface area contributed by atoms with E-state index in [2.05, 4.69) is 21.2 Å². The number of benzene rings is 3. The zero-order valence-corrected chi connectivity index (χ0v) is 12.7. The molecule has 21 heavy (non-hydrogen) atoms. The highest BCUT2D eigenvalue weighted by molar-refractivity contribution is 9.10. The third kappa shape index (κ3) is 2.90. The van der Waals surface area contributed by atoms with Gasteiger partial charge in [-0.25, -0.2) is 0 Å². The average Bonchev–Trinajstić information content (AvgIpc) is 2.50. The van der Waals surface area contributed by atoms with Crippen LogP contribution in [0, 0.1) is 0 Å². The number of hydrogen-bond donors (Lipinski definition) is 2. The standard InChI is InChI=1S/C17H13BrN2O/c18-15-10-13(6-8-16(15)19)17(21)20-14-7-5-11-3-1-2-4-12(11)9-14/h1-10H,19H2,(H,20,21). The van der Waals surface area contributed by atoms with E-state index in [1.54, 1.807) is 18.2 Å². The Morgan fingerprint density at radius 3 is 2.48 bits per heavy atom. The molecule has 0 unspecified atom stereocenters. The van der Waals surface area contributed by atoms with Crippen LogP contribution in [-0.2, 0) is 0 Å². The maximum absolute atomic E-state index is 12.2. The number of carbonyl (C=O) groups excluding carboxylic acids is 1. The first-order valence-electron chi connectivity index (χ1n) is 6.49. The van der Waals surface area contributed by atoms with Crippen molar-refractivity contribution in [2.45, 2.75) is 0 Å². The van der Waals surface area contributed by atoms with Gasteiger partial charge in [0.1, 0.15) is 0 Å². The van der Waals surface area contributed by atoms with Gasteiger partial charge >= 0.3 is 0 Å². The number of hydrogen-bond acceptors (Lipinski definition) is 2. The number of halogens is 1. The van der Waals surface area contributed by atoms with E-state index in [0.717, 1.165) is 16.5 Å². The summed E-state index contributed by atoms with van der Waals surface area (Å²) in [4.78, 5) is 12.2. The lowest BCUT2D eigenvalue weighted by atomic mass is 10.1. The van der Waals surface area contributed by atoms with Crippen LogP contribution >= 0.6 is 15.9 Å². The zero-order chi connectivity index (χ0) is 14.8. The lowest BCUT2D eigenvalue weighted by Gasteiger charge is -2.08. The molecule has 1 amide bonds. The highest BCUT2D eigenvalue weighted by Gasteiger charge is 2.08. The molecule has 0 aromatic heterocycles. The largest absolute Gasteiger partial charge is 0.398 e. The molecular formula is C17H13BrN2O. The Bertz CT molecular complexity index is 830. The molecule has 3 N–H and O–H groups in total. The number of carbonyl (C=O) groups is 1. The summed E-state index contributed by atoms with van der Waals surface area (Å²) in [6, 6.07) is 19.0. The van der Waals surface area contributed by atoms with Crippen molar-refractivity contribution < 1.29 is 4.79 Å². The minimum absolute atomic E-state index is 0.161. The normalized spacial score (nSPS) is 10.5. The summed E-state index contributed by atoms with van der Waals surface area (Å²) in [5, 5.41) is 5.13. The summed E-state index contributed by atoms with van der Waals surface area (Å²) in [5.74, 6) is -0.161. The van der Waals surface area contributed by atoms with Crippen LogP contribution in [0.2, 0.25) is 0 Å². The van der Waals surface area contributed by atoms with E-state index in [0.29, 0.717) is 15.7 Å². The van der Waals surface area contributed by atoms with E-state index in [9.17, 15) is 4.79 Å². The summed E-state index contributed by atoms with van der Waals surface area (Å²) >= 11 is 3.33. The van der Waals surface area contributed by atoms with Crippen LogP contribution in [0.4, 0.5) is 11.4 Å². The molecule has 3 aromatic carbocycles. The molecular weight excluding hydrogens is 328 g/mol. The molecule has 0 saturated carbocycles. The molecule has 0 heterocycles. The Labute approximate surface area is 130 Å². The van der Waals surface area contributed by atoms with Crippen LogP contribution in [0.15, 0.2) is 65.1 Å². The van der Waals surface area contributed by atoms with Gasteiger partial charge in [0.25, 0.3) is 5.91 Å². The third-order valence-electron chi connectivity index (χ3n) is 3.27. The van der Waals surface area contributed by atoms with Crippen molar-refractivity contribution in [2.24, 2.45) is 0 Å². The number of anilines is 2. The van der Waals surface area contributed by atoms with Crippen molar-refractivity contribution in [2.75, 3.05) is 11.1 Å². The van der Waals surface area contributed by atoms with Gasteiger partial charge in [0.2, 0.25) is 0 Å². The van der Waals surface area contributed by atoms with Crippen LogP contribution in [0.3, 0.4) is 0 Å². The molecule has 0 aliphatic carbocycles. The molecule has 3 rings (SSSR count). The first-order chi connectivity index (χ1) is 10.1. The molecule has 0 radical (unpaired) electrons. The summed E-state index contributed by atoms with van der Waals surface area (Å²) in [6.45, 7) is 0. The van der Waals surface area contributed by atoms with Crippen molar-refractivity contribution >= 4 is 44.0 Å². The molecule has 0 bridgehead atoms. The molecule has 3 aromatic rings. The molecule has 0 aliphatic rings. The summed E-state index contributed by atoms with van der Waals surface area (Å²) in [5.41, 5.74) is 7.66. The summed E-state index contributed by atoms with van der Waals surface area (Å²) in [7, 11) is 0. The highest BCUT2D eigenvalue weighted by Crippen LogP contribution is 2.22. The van der Waals surface area contributed by atoms with Gasteiger partial charge < -0.3 is 11.1 Å². The van der Waals surface area contributed by atoms with Gasteiger partial charge in [0.15, 0.2) is 0 Å². The van der Waals surface area contributed by atoms with Crippen LogP contribution in [0.5, 0.6) is 0 Å². The lowest BCUT2D eigenvalue weighted by Crippen LogP contribution is -2.12. The smallest absolute Gasteiger partial charge is 0.255 e. The fourth-order valence-corrected chi connectivity index (χ4v) is 2.52. The Morgan fingerprint density at radius 2 is 1.71 bits per heavy atom. The fraction of sp³-hybridized carbons (Fsp3) is 0. The first kappa shape index (κ1) is 13.6. The van der Waals surface area contributed by atoms with Crippen molar-refractivity contribution in [3.05, 3.63) is 70.7 Å². The second-order valence-corrected chi connectivity index (χ2v) is 5.61. The van der Waals surface area contributed by atoms with Crippen LogP contribution in [0.1, 0.15) is 10.4 Å². The lowest BCUT2D eigenvalue weighted by molar-refractivity contribution is 0.102. The van der Waals surface area contributed by atoms with Crippen LogP contribution in [0.25, 0.3) is 10.8 Å². The van der Waals surface area contributed by atoms with Gasteiger partial charge in [0.05, 0.1) is 0 Å². The second-order valence-electron chi connectivity index (χ2n) is 4.75. The van der Waals surface area contributed by atoms with Gasteiger partial charge in [-0.2, -0.15) is 0 Å². The van der Waals surface area contributed by atoms with E-state index in [4.69, 9.17) is 5.73 Å². The molecule has 0 fully saturated rings. The monoisotopic (exact) mass is 340 g/mol. The number of nitrogens with one attached hydrogen (secondary N) is 1. The van der Waals surface area contributed by atoms with Crippen molar-refractivity contribution in [3.8, 4) is 0 Å². The molecule has 0 saturated heterocycles. The van der Waals surface area contributed by atoms with Crippen LogP contribution in [-0.4, -0.2) is 5.91 Å². The topological polar surface area (TPSA) is 55.1 Å². The van der Waals surface area contributed by atoms with E-state index in [-0.39, 0.29) is 5.91 Å². The zero-order valence-electron chi connectivity index (χ0n) is 11.1. The van der Waals surface area contributed by atoms with Gasteiger partial charge in [-0.3, -0.25) is 4.79 Å². The Kier molecular flexibility index (Phi) is 3.62. The van der Waals surface area contributed by atoms with Gasteiger partial charge in [-0.05, 0) is 57.0 Å². The van der Waals surface area contributed by atoms with E-state index in [1.165, 1.54) is 0 Å². The molecule has 3 nitrogen and oxygen atoms in total. The molecule has 0 atom stereocenters. The summed E-state index contributed by atoms with van der Waals surface area (Å²) < 4.78 is 0.716. The van der Waals surface area contributed by atoms with Gasteiger partial charge in [-0.15, -0.1) is 0 Å². The second kappa shape index (κ2) is 5.58. The number of nitrogens with two attached hydrogens (primary N) is 1. The average molecular weight is 341 g/mol. The van der Waals surface area contributed by atoms with E-state index >= 15 is 0 Å². The maximum Gasteiger partial charge on any atom is 0.255 e. The number of fused-ring (bicyclic) bond motifs is 1. The minimum Gasteiger partial charge on any atom is -0.398 e. The summed E-state index contributed by atoms with van der Waals surface area (Å²) in [6.07, 6.45) is 0. The number of amides is 1. The predicted molar refractivity (Wildman–Crippen MR) is 90.5 cm³/mol. The van der Waals surface area contributed by atoms with Crippen molar-refractivity contribution in [1.29, 1.82) is 0 Å². The molecule has 4 heteroatoms. The highest BCUT2D eigenvalue weighted by atomic mass is 79.9. The molecule has 104 valence electrons. The number of nitrogen functional groups attached to an aromatic ring is 1. The van der Waals surface area contributed by atoms with Crippen molar-refractivity contribution in [3.63, 3.8) is 0 Å². The maximum atomic E-state index is 12.2. The SMILES string of the molecule is Nc1ccc(C(=O)Nc2ccc3ccccc3c2)cc1Br. The molecule has 0 aliphatic heterocycles.